The van der Waals surface area contributed by atoms with Crippen LogP contribution in [-0.2, 0) is 6.42 Å². The first-order chi connectivity index (χ1) is 9.12. The molecule has 1 heterocycles. The monoisotopic (exact) mass is 263 g/mol. The molecule has 19 heavy (non-hydrogen) atoms. The van der Waals surface area contributed by atoms with Gasteiger partial charge < -0.3 is 9.73 Å². The second-order valence-electron chi connectivity index (χ2n) is 6.75. The van der Waals surface area contributed by atoms with Gasteiger partial charge in [0.2, 0.25) is 0 Å². The van der Waals surface area contributed by atoms with E-state index in [1.54, 1.807) is 0 Å². The average Bonchev–Trinajstić information content (AvgIpc) is 2.85. The lowest BCUT2D eigenvalue weighted by atomic mass is 9.85. The summed E-state index contributed by atoms with van der Waals surface area (Å²) in [7, 11) is 0. The van der Waals surface area contributed by atoms with E-state index >= 15 is 0 Å². The number of fused-ring (bicyclic) bond motifs is 1. The normalized spacial score (nSPS) is 19.4. The number of rotatable bonds is 7. The third kappa shape index (κ3) is 4.10. The molecule has 0 saturated heterocycles. The summed E-state index contributed by atoms with van der Waals surface area (Å²) in [6, 6.07) is 2.66. The molecule has 1 aliphatic rings. The van der Waals surface area contributed by atoms with Gasteiger partial charge in [-0.25, -0.2) is 0 Å². The van der Waals surface area contributed by atoms with Gasteiger partial charge >= 0.3 is 0 Å². The van der Waals surface area contributed by atoms with Crippen LogP contribution in [0.2, 0.25) is 0 Å². The van der Waals surface area contributed by atoms with E-state index < -0.39 is 0 Å². The van der Waals surface area contributed by atoms with Crippen LogP contribution in [0.5, 0.6) is 0 Å². The number of aryl methyl sites for hydroxylation is 1. The van der Waals surface area contributed by atoms with Crippen molar-refractivity contribution in [2.75, 3.05) is 6.54 Å². The third-order valence-corrected chi connectivity index (χ3v) is 4.34. The Bertz CT molecular complexity index is 380. The van der Waals surface area contributed by atoms with E-state index in [0.29, 0.717) is 11.5 Å². The molecule has 0 saturated carbocycles. The van der Waals surface area contributed by atoms with Gasteiger partial charge in [-0.2, -0.15) is 0 Å². The quantitative estimate of drug-likeness (QED) is 0.711. The van der Waals surface area contributed by atoms with Gasteiger partial charge in [-0.05, 0) is 30.7 Å². The molecule has 1 unspecified atom stereocenters. The van der Waals surface area contributed by atoms with Gasteiger partial charge in [-0.3, -0.25) is 0 Å². The highest BCUT2D eigenvalue weighted by Gasteiger charge is 2.25. The molecule has 0 fully saturated rings. The predicted molar refractivity (Wildman–Crippen MR) is 80.3 cm³/mol. The van der Waals surface area contributed by atoms with Crippen molar-refractivity contribution in [2.24, 2.45) is 5.41 Å². The highest BCUT2D eigenvalue weighted by Crippen LogP contribution is 2.32. The summed E-state index contributed by atoms with van der Waals surface area (Å²) in [6.07, 6.45) is 10.8. The molecular weight excluding hydrogens is 234 g/mol. The summed E-state index contributed by atoms with van der Waals surface area (Å²) in [5.41, 5.74) is 1.80. The summed E-state index contributed by atoms with van der Waals surface area (Å²) < 4.78 is 5.56. The van der Waals surface area contributed by atoms with E-state index in [0.717, 1.165) is 13.0 Å². The fourth-order valence-electron chi connectivity index (χ4n) is 3.04. The number of nitrogens with one attached hydrogen (secondary N) is 1. The Balaban J connectivity index is 1.83. The lowest BCUT2D eigenvalue weighted by Gasteiger charge is -2.30. The molecule has 108 valence electrons. The first kappa shape index (κ1) is 14.6. The molecule has 2 heteroatoms. The SMILES string of the molecule is CCCCCC(C)(C)CNC1CCCc2occc21. The zero-order valence-electron chi connectivity index (χ0n) is 12.8. The molecule has 0 radical (unpaired) electrons. The highest BCUT2D eigenvalue weighted by atomic mass is 16.3. The zero-order chi connectivity index (χ0) is 13.7. The molecule has 2 rings (SSSR count). The maximum Gasteiger partial charge on any atom is 0.108 e. The molecule has 1 atom stereocenters. The second-order valence-corrected chi connectivity index (χ2v) is 6.75. The summed E-state index contributed by atoms with van der Waals surface area (Å²) in [4.78, 5) is 0. The molecule has 0 bridgehead atoms. The maximum absolute atomic E-state index is 5.56. The summed E-state index contributed by atoms with van der Waals surface area (Å²) in [6.45, 7) is 8.14. The van der Waals surface area contributed by atoms with Crippen molar-refractivity contribution in [2.45, 2.75) is 71.8 Å². The van der Waals surface area contributed by atoms with Crippen LogP contribution in [0.3, 0.4) is 0 Å². The number of hydrogen-bond acceptors (Lipinski definition) is 2. The number of hydrogen-bond donors (Lipinski definition) is 1. The second kappa shape index (κ2) is 6.60. The molecule has 0 aliphatic heterocycles. The van der Waals surface area contributed by atoms with Crippen molar-refractivity contribution in [3.8, 4) is 0 Å². The summed E-state index contributed by atoms with van der Waals surface area (Å²) >= 11 is 0. The molecule has 2 nitrogen and oxygen atoms in total. The van der Waals surface area contributed by atoms with Gasteiger partial charge in [0.15, 0.2) is 0 Å². The largest absolute Gasteiger partial charge is 0.469 e. The Morgan fingerprint density at radius 2 is 2.21 bits per heavy atom. The van der Waals surface area contributed by atoms with Gasteiger partial charge in [0.25, 0.3) is 0 Å². The van der Waals surface area contributed by atoms with E-state index in [9.17, 15) is 0 Å². The molecule has 0 aromatic carbocycles. The van der Waals surface area contributed by atoms with E-state index in [-0.39, 0.29) is 0 Å². The van der Waals surface area contributed by atoms with Crippen LogP contribution in [-0.4, -0.2) is 6.54 Å². The standard InChI is InChI=1S/C17H29NO/c1-4-5-6-11-17(2,3)13-18-15-8-7-9-16-14(15)10-12-19-16/h10,12,15,18H,4-9,11,13H2,1-3H3. The van der Waals surface area contributed by atoms with E-state index in [2.05, 4.69) is 32.2 Å². The highest BCUT2D eigenvalue weighted by molar-refractivity contribution is 5.24. The Kier molecular flexibility index (Phi) is 5.09. The molecule has 0 amide bonds. The smallest absolute Gasteiger partial charge is 0.108 e. The molecule has 1 aromatic heterocycles. The van der Waals surface area contributed by atoms with Crippen LogP contribution in [0.1, 0.15) is 76.7 Å². The topological polar surface area (TPSA) is 25.2 Å². The van der Waals surface area contributed by atoms with Crippen molar-refractivity contribution in [3.63, 3.8) is 0 Å². The predicted octanol–water partition coefficient (Wildman–Crippen LogP) is 4.85. The Morgan fingerprint density at radius 1 is 1.37 bits per heavy atom. The lowest BCUT2D eigenvalue weighted by Crippen LogP contribution is -2.33. The van der Waals surface area contributed by atoms with Crippen molar-refractivity contribution in [1.29, 1.82) is 0 Å². The van der Waals surface area contributed by atoms with Gasteiger partial charge in [-0.1, -0.05) is 40.0 Å². The Labute approximate surface area is 118 Å². The number of furan rings is 1. The fourth-order valence-corrected chi connectivity index (χ4v) is 3.04. The van der Waals surface area contributed by atoms with Crippen LogP contribution in [0.25, 0.3) is 0 Å². The fraction of sp³-hybridized carbons (Fsp3) is 0.765. The molecule has 0 spiro atoms. The van der Waals surface area contributed by atoms with Gasteiger partial charge in [-0.15, -0.1) is 0 Å². The van der Waals surface area contributed by atoms with Crippen molar-refractivity contribution in [1.82, 2.24) is 5.32 Å². The van der Waals surface area contributed by atoms with E-state index in [1.165, 1.54) is 49.8 Å². The van der Waals surface area contributed by atoms with Crippen LogP contribution in [0.15, 0.2) is 16.7 Å². The van der Waals surface area contributed by atoms with Gasteiger partial charge in [0.1, 0.15) is 5.76 Å². The van der Waals surface area contributed by atoms with Gasteiger partial charge in [0.05, 0.1) is 6.26 Å². The average molecular weight is 263 g/mol. The molecule has 1 aromatic rings. The Hall–Kier alpha value is -0.760. The maximum atomic E-state index is 5.56. The number of unbranched alkanes of at least 4 members (excludes halogenated alkanes) is 2. The van der Waals surface area contributed by atoms with Crippen LogP contribution >= 0.6 is 0 Å². The van der Waals surface area contributed by atoms with Gasteiger partial charge in [0, 0.05) is 24.6 Å². The third-order valence-electron chi connectivity index (χ3n) is 4.34. The minimum Gasteiger partial charge on any atom is -0.469 e. The van der Waals surface area contributed by atoms with Crippen LogP contribution in [0, 0.1) is 5.41 Å². The Morgan fingerprint density at radius 3 is 3.00 bits per heavy atom. The van der Waals surface area contributed by atoms with Crippen molar-refractivity contribution in [3.05, 3.63) is 23.7 Å². The minimum absolute atomic E-state index is 0.399. The van der Waals surface area contributed by atoms with E-state index in [4.69, 9.17) is 4.42 Å². The van der Waals surface area contributed by atoms with Crippen molar-refractivity contribution >= 4 is 0 Å². The zero-order valence-corrected chi connectivity index (χ0v) is 12.8. The van der Waals surface area contributed by atoms with E-state index in [1.807, 2.05) is 6.26 Å². The summed E-state index contributed by atoms with van der Waals surface area (Å²) in [5.74, 6) is 1.20. The molecular formula is C17H29NO. The van der Waals surface area contributed by atoms with Crippen LogP contribution in [0.4, 0.5) is 0 Å². The van der Waals surface area contributed by atoms with Crippen LogP contribution < -0.4 is 5.32 Å². The molecule has 1 aliphatic carbocycles. The lowest BCUT2D eigenvalue weighted by molar-refractivity contribution is 0.277. The minimum atomic E-state index is 0.399. The summed E-state index contributed by atoms with van der Waals surface area (Å²) in [5, 5.41) is 3.77. The molecule has 1 N–H and O–H groups in total. The van der Waals surface area contributed by atoms with Crippen molar-refractivity contribution < 1.29 is 4.42 Å². The first-order valence-electron chi connectivity index (χ1n) is 7.92. The first-order valence-corrected chi connectivity index (χ1v) is 7.92.